The maximum Gasteiger partial charge on any atom is 0.128 e. The predicted molar refractivity (Wildman–Crippen MR) is 78.3 cm³/mol. The minimum atomic E-state index is 0.367. The molecule has 2 nitrogen and oxygen atoms in total. The largest absolute Gasteiger partial charge is 0.365 e. The average Bonchev–Trinajstić information content (AvgIpc) is 2.97. The lowest BCUT2D eigenvalue weighted by molar-refractivity contribution is 0.137. The zero-order valence-corrected chi connectivity index (χ0v) is 12.0. The van der Waals surface area contributed by atoms with Crippen LogP contribution in [-0.2, 0) is 0 Å². The molecular formula is C17H22N2. The molecule has 1 aromatic carbocycles. The number of amidine groups is 1. The van der Waals surface area contributed by atoms with E-state index in [1.165, 1.54) is 18.4 Å². The summed E-state index contributed by atoms with van der Waals surface area (Å²) in [7, 11) is 0. The van der Waals surface area contributed by atoms with Gasteiger partial charge in [-0.05, 0) is 29.6 Å². The monoisotopic (exact) mass is 254 g/mol. The van der Waals surface area contributed by atoms with Crippen LogP contribution < -0.4 is 5.32 Å². The number of fused-ring (bicyclic) bond motifs is 5. The van der Waals surface area contributed by atoms with Crippen molar-refractivity contribution in [2.75, 3.05) is 0 Å². The molecule has 0 saturated heterocycles. The number of rotatable bonds is 1. The van der Waals surface area contributed by atoms with Gasteiger partial charge in [0.25, 0.3) is 0 Å². The zero-order chi connectivity index (χ0) is 13.3. The quantitative estimate of drug-likeness (QED) is 0.817. The summed E-state index contributed by atoms with van der Waals surface area (Å²) in [6, 6.07) is 11.6. The van der Waals surface area contributed by atoms with Gasteiger partial charge < -0.3 is 5.32 Å². The van der Waals surface area contributed by atoms with Crippen molar-refractivity contribution in [1.82, 2.24) is 5.32 Å². The van der Waals surface area contributed by atoms with Crippen molar-refractivity contribution in [2.45, 2.75) is 45.7 Å². The second kappa shape index (κ2) is 3.41. The molecule has 3 aliphatic rings. The van der Waals surface area contributed by atoms with Crippen LogP contribution in [0, 0.1) is 16.7 Å². The van der Waals surface area contributed by atoms with Crippen molar-refractivity contribution >= 4 is 5.84 Å². The van der Waals surface area contributed by atoms with E-state index in [0.29, 0.717) is 22.9 Å². The van der Waals surface area contributed by atoms with Gasteiger partial charge in [-0.15, -0.1) is 0 Å². The first-order valence-electron chi connectivity index (χ1n) is 7.44. The summed E-state index contributed by atoms with van der Waals surface area (Å²) in [5.41, 5.74) is 2.02. The lowest BCUT2D eigenvalue weighted by atomic mass is 9.69. The summed E-state index contributed by atoms with van der Waals surface area (Å²) < 4.78 is 0. The number of hydrogen-bond acceptors (Lipinski definition) is 2. The predicted octanol–water partition coefficient (Wildman–Crippen LogP) is 3.23. The van der Waals surface area contributed by atoms with Crippen LogP contribution >= 0.6 is 0 Å². The molecule has 0 unspecified atom stereocenters. The average molecular weight is 254 g/mol. The molecule has 2 fully saturated rings. The fraction of sp³-hybridized carbons (Fsp3) is 0.588. The third-order valence-electron chi connectivity index (χ3n) is 6.42. The van der Waals surface area contributed by atoms with Gasteiger partial charge in [0.15, 0.2) is 0 Å². The maximum absolute atomic E-state index is 5.08. The van der Waals surface area contributed by atoms with E-state index in [2.05, 4.69) is 56.4 Å². The summed E-state index contributed by atoms with van der Waals surface area (Å²) >= 11 is 0. The standard InChI is InChI=1S/C17H22N2/c1-16(2)12-9-10-17(16,3)14-13(12)18-15(19-14)11-7-5-4-6-8-11/h4-8,12-14H,9-10H2,1-3H3,(H,18,19)/t12-,13-,14-,17+/m0/s1. The Labute approximate surface area is 115 Å². The highest BCUT2D eigenvalue weighted by atomic mass is 15.2. The van der Waals surface area contributed by atoms with Crippen LogP contribution in [0.2, 0.25) is 0 Å². The van der Waals surface area contributed by atoms with E-state index in [1.807, 2.05) is 0 Å². The van der Waals surface area contributed by atoms with Gasteiger partial charge in [0, 0.05) is 5.56 Å². The van der Waals surface area contributed by atoms with Crippen LogP contribution in [0.1, 0.15) is 39.2 Å². The van der Waals surface area contributed by atoms with E-state index in [1.54, 1.807) is 0 Å². The summed E-state index contributed by atoms with van der Waals surface area (Å²) in [6.07, 6.45) is 2.69. The van der Waals surface area contributed by atoms with Gasteiger partial charge >= 0.3 is 0 Å². The Morgan fingerprint density at radius 1 is 1.16 bits per heavy atom. The number of nitrogens with one attached hydrogen (secondary N) is 1. The number of hydrogen-bond donors (Lipinski definition) is 1. The Kier molecular flexibility index (Phi) is 2.07. The van der Waals surface area contributed by atoms with Crippen molar-refractivity contribution in [1.29, 1.82) is 0 Å². The second-order valence-electron chi connectivity index (χ2n) is 7.24. The molecule has 100 valence electrons. The number of nitrogens with zero attached hydrogens (tertiary/aromatic N) is 1. The fourth-order valence-electron chi connectivity index (χ4n) is 4.83. The van der Waals surface area contributed by atoms with Crippen LogP contribution in [0.5, 0.6) is 0 Å². The molecule has 1 aliphatic heterocycles. The van der Waals surface area contributed by atoms with E-state index in [4.69, 9.17) is 4.99 Å². The Morgan fingerprint density at radius 2 is 1.89 bits per heavy atom. The second-order valence-corrected chi connectivity index (χ2v) is 7.24. The fourth-order valence-corrected chi connectivity index (χ4v) is 4.83. The first-order chi connectivity index (χ1) is 9.04. The highest BCUT2D eigenvalue weighted by Crippen LogP contribution is 2.67. The van der Waals surface area contributed by atoms with E-state index in [0.717, 1.165) is 11.8 Å². The van der Waals surface area contributed by atoms with Crippen molar-refractivity contribution in [3.8, 4) is 0 Å². The van der Waals surface area contributed by atoms with E-state index < -0.39 is 0 Å². The molecule has 4 atom stereocenters. The molecule has 1 aromatic rings. The topological polar surface area (TPSA) is 24.4 Å². The molecule has 2 bridgehead atoms. The Hall–Kier alpha value is -1.31. The molecule has 0 spiro atoms. The highest BCUT2D eigenvalue weighted by molar-refractivity contribution is 6.00. The lowest BCUT2D eigenvalue weighted by Crippen LogP contribution is -2.41. The van der Waals surface area contributed by atoms with Crippen LogP contribution in [0.25, 0.3) is 0 Å². The number of benzene rings is 1. The van der Waals surface area contributed by atoms with E-state index in [-0.39, 0.29) is 0 Å². The van der Waals surface area contributed by atoms with Gasteiger partial charge in [0.1, 0.15) is 5.84 Å². The smallest absolute Gasteiger partial charge is 0.128 e. The van der Waals surface area contributed by atoms with Gasteiger partial charge in [-0.3, -0.25) is 4.99 Å². The molecule has 0 radical (unpaired) electrons. The molecule has 1 heterocycles. The molecular weight excluding hydrogens is 232 g/mol. The van der Waals surface area contributed by atoms with Gasteiger partial charge in [-0.25, -0.2) is 0 Å². The zero-order valence-electron chi connectivity index (χ0n) is 12.0. The molecule has 2 heteroatoms. The number of aliphatic imine (C=N–C) groups is 1. The summed E-state index contributed by atoms with van der Waals surface area (Å²) in [5, 5.41) is 3.73. The molecule has 2 aliphatic carbocycles. The third-order valence-corrected chi connectivity index (χ3v) is 6.42. The van der Waals surface area contributed by atoms with Gasteiger partial charge in [0.2, 0.25) is 0 Å². The van der Waals surface area contributed by atoms with Gasteiger partial charge in [-0.1, -0.05) is 51.1 Å². The molecule has 19 heavy (non-hydrogen) atoms. The first-order valence-corrected chi connectivity index (χ1v) is 7.44. The van der Waals surface area contributed by atoms with Crippen molar-refractivity contribution in [3.63, 3.8) is 0 Å². The first kappa shape index (κ1) is 11.5. The van der Waals surface area contributed by atoms with Crippen LogP contribution in [0.3, 0.4) is 0 Å². The minimum Gasteiger partial charge on any atom is -0.365 e. The Bertz CT molecular complexity index is 546. The molecule has 0 amide bonds. The Morgan fingerprint density at radius 3 is 2.58 bits per heavy atom. The van der Waals surface area contributed by atoms with E-state index >= 15 is 0 Å². The normalized spacial score (nSPS) is 41.8. The molecule has 2 saturated carbocycles. The van der Waals surface area contributed by atoms with Gasteiger partial charge in [0.05, 0.1) is 12.1 Å². The van der Waals surface area contributed by atoms with E-state index in [9.17, 15) is 0 Å². The minimum absolute atomic E-state index is 0.367. The Balaban J connectivity index is 1.74. The highest BCUT2D eigenvalue weighted by Gasteiger charge is 2.67. The summed E-state index contributed by atoms with van der Waals surface area (Å²) in [5.74, 6) is 1.89. The van der Waals surface area contributed by atoms with Gasteiger partial charge in [-0.2, -0.15) is 0 Å². The van der Waals surface area contributed by atoms with Crippen LogP contribution in [0.4, 0.5) is 0 Å². The summed E-state index contributed by atoms with van der Waals surface area (Å²) in [6.45, 7) is 7.35. The molecule has 4 rings (SSSR count). The molecule has 1 N–H and O–H groups in total. The maximum atomic E-state index is 5.08. The van der Waals surface area contributed by atoms with Crippen LogP contribution in [0.15, 0.2) is 35.3 Å². The molecule has 0 aromatic heterocycles. The third kappa shape index (κ3) is 1.25. The summed E-state index contributed by atoms with van der Waals surface area (Å²) in [4.78, 5) is 5.08. The van der Waals surface area contributed by atoms with Crippen LogP contribution in [-0.4, -0.2) is 17.9 Å². The van der Waals surface area contributed by atoms with Crippen molar-refractivity contribution in [3.05, 3.63) is 35.9 Å². The van der Waals surface area contributed by atoms with Crippen molar-refractivity contribution < 1.29 is 0 Å². The lowest BCUT2D eigenvalue weighted by Gasteiger charge is -2.36. The van der Waals surface area contributed by atoms with Crippen molar-refractivity contribution in [2.24, 2.45) is 21.7 Å². The SMILES string of the molecule is CC1(C)[C@H]2CC[C@]1(C)[C@H]1N=C(c3ccccc3)N[C@@H]21.